The van der Waals surface area contributed by atoms with Crippen LogP contribution in [0.25, 0.3) is 0 Å². The predicted octanol–water partition coefficient (Wildman–Crippen LogP) is 4.42. The second-order valence-corrected chi connectivity index (χ2v) is 4.01. The van der Waals surface area contributed by atoms with Gasteiger partial charge in [-0.3, -0.25) is 0 Å². The van der Waals surface area contributed by atoms with E-state index in [-0.39, 0.29) is 19.5 Å². The van der Waals surface area contributed by atoms with Crippen molar-refractivity contribution in [1.82, 2.24) is 0 Å². The molecule has 0 aliphatic heterocycles. The van der Waals surface area contributed by atoms with Gasteiger partial charge >= 0.3 is 19.5 Å². The zero-order valence-electron chi connectivity index (χ0n) is 7.84. The van der Waals surface area contributed by atoms with Gasteiger partial charge in [0.15, 0.2) is 0 Å². The minimum Gasteiger partial charge on any atom is -0.0824 e. The Morgan fingerprint density at radius 1 is 1.08 bits per heavy atom. The fourth-order valence-corrected chi connectivity index (χ4v) is 1.71. The summed E-state index contributed by atoms with van der Waals surface area (Å²) >= 11 is 12.1. The molecule has 1 aromatic carbocycles. The van der Waals surface area contributed by atoms with E-state index in [4.69, 9.17) is 23.2 Å². The Labute approximate surface area is 102 Å². The van der Waals surface area contributed by atoms with E-state index in [1.54, 1.807) is 0 Å². The van der Waals surface area contributed by atoms with Crippen molar-refractivity contribution in [2.45, 2.75) is 26.7 Å². The van der Waals surface area contributed by atoms with Crippen LogP contribution in [0, 0.1) is 6.92 Å². The third-order valence-electron chi connectivity index (χ3n) is 1.93. The van der Waals surface area contributed by atoms with E-state index in [1.165, 1.54) is 0 Å². The van der Waals surface area contributed by atoms with Crippen LogP contribution in [0.5, 0.6) is 0 Å². The Balaban J connectivity index is 0.00000144. The van der Waals surface area contributed by atoms with Crippen LogP contribution in [0.4, 0.5) is 0 Å². The molecule has 0 bridgehead atoms. The molecule has 0 spiro atoms. The van der Waals surface area contributed by atoms with Gasteiger partial charge in [-0.25, -0.2) is 0 Å². The quantitative estimate of drug-likeness (QED) is 0.674. The first-order chi connectivity index (χ1) is 5.54. The molecule has 72 valence electrons. The molecule has 0 aliphatic rings. The van der Waals surface area contributed by atoms with Crippen LogP contribution in [-0.2, 0) is 19.5 Å². The van der Waals surface area contributed by atoms with Gasteiger partial charge in [0.25, 0.3) is 0 Å². The fourth-order valence-electron chi connectivity index (χ4n) is 1.11. The van der Waals surface area contributed by atoms with Crippen molar-refractivity contribution in [1.29, 1.82) is 0 Å². The molecular weight excluding hydrogens is 292 g/mol. The molecule has 0 aromatic heterocycles. The van der Waals surface area contributed by atoms with E-state index in [0.29, 0.717) is 16.0 Å². The SMILES string of the molecule is Cc1ccc(C(C)C)c(Cl)c1Cl.[Ru+2]. The molecule has 0 saturated heterocycles. The van der Waals surface area contributed by atoms with Crippen molar-refractivity contribution in [3.05, 3.63) is 33.3 Å². The van der Waals surface area contributed by atoms with Gasteiger partial charge in [-0.05, 0) is 24.0 Å². The topological polar surface area (TPSA) is 0 Å². The average molecular weight is 304 g/mol. The van der Waals surface area contributed by atoms with Gasteiger partial charge in [0.1, 0.15) is 0 Å². The van der Waals surface area contributed by atoms with E-state index in [2.05, 4.69) is 13.8 Å². The second-order valence-electron chi connectivity index (χ2n) is 3.25. The van der Waals surface area contributed by atoms with Gasteiger partial charge in [-0.2, -0.15) is 0 Å². The molecule has 0 heterocycles. The molecule has 0 radical (unpaired) electrons. The van der Waals surface area contributed by atoms with E-state index in [1.807, 2.05) is 19.1 Å². The minimum absolute atomic E-state index is 0. The Morgan fingerprint density at radius 3 is 2.08 bits per heavy atom. The van der Waals surface area contributed by atoms with Gasteiger partial charge in [0, 0.05) is 0 Å². The third-order valence-corrected chi connectivity index (χ3v) is 2.92. The summed E-state index contributed by atoms with van der Waals surface area (Å²) in [6.07, 6.45) is 0. The van der Waals surface area contributed by atoms with Crippen LogP contribution < -0.4 is 0 Å². The maximum atomic E-state index is 6.06. The van der Waals surface area contributed by atoms with Crippen molar-refractivity contribution >= 4 is 23.2 Å². The summed E-state index contributed by atoms with van der Waals surface area (Å²) in [6, 6.07) is 4.04. The van der Waals surface area contributed by atoms with E-state index < -0.39 is 0 Å². The summed E-state index contributed by atoms with van der Waals surface area (Å²) in [5.41, 5.74) is 2.15. The molecule has 0 unspecified atom stereocenters. The summed E-state index contributed by atoms with van der Waals surface area (Å²) in [4.78, 5) is 0. The summed E-state index contributed by atoms with van der Waals surface area (Å²) in [5.74, 6) is 0.426. The predicted molar refractivity (Wildman–Crippen MR) is 55.3 cm³/mol. The molecule has 1 rings (SSSR count). The van der Waals surface area contributed by atoms with Gasteiger partial charge < -0.3 is 0 Å². The Morgan fingerprint density at radius 2 is 1.62 bits per heavy atom. The van der Waals surface area contributed by atoms with Crippen molar-refractivity contribution in [2.75, 3.05) is 0 Å². The Bertz CT molecular complexity index is 295. The van der Waals surface area contributed by atoms with Crippen LogP contribution >= 0.6 is 23.2 Å². The summed E-state index contributed by atoms with van der Waals surface area (Å²) < 4.78 is 0. The molecule has 0 amide bonds. The maximum absolute atomic E-state index is 6.06. The summed E-state index contributed by atoms with van der Waals surface area (Å²) in [6.45, 7) is 6.16. The standard InChI is InChI=1S/C10H12Cl2.Ru/c1-6(2)8-5-4-7(3)9(11)10(8)12;/h4-6H,1-3H3;/q;+2. The molecular formula is C10H12Cl2Ru+2. The molecule has 3 heteroatoms. The number of aryl methyl sites for hydroxylation is 1. The normalized spacial score (nSPS) is 10.0. The maximum Gasteiger partial charge on any atom is 2.00 e. The zero-order valence-corrected chi connectivity index (χ0v) is 11.1. The third kappa shape index (κ3) is 2.94. The first-order valence-electron chi connectivity index (χ1n) is 3.98. The van der Waals surface area contributed by atoms with E-state index >= 15 is 0 Å². The first kappa shape index (κ1) is 13.4. The second kappa shape index (κ2) is 5.34. The van der Waals surface area contributed by atoms with Crippen molar-refractivity contribution < 1.29 is 19.5 Å². The molecule has 0 nitrogen and oxygen atoms in total. The minimum atomic E-state index is 0. The number of hydrogen-bond donors (Lipinski definition) is 0. The Kier molecular flexibility index (Phi) is 5.51. The largest absolute Gasteiger partial charge is 2.00 e. The molecule has 13 heavy (non-hydrogen) atoms. The van der Waals surface area contributed by atoms with Crippen molar-refractivity contribution in [3.8, 4) is 0 Å². The molecule has 0 aliphatic carbocycles. The molecule has 0 saturated carbocycles. The molecule has 0 N–H and O–H groups in total. The smallest absolute Gasteiger partial charge is 0.0824 e. The summed E-state index contributed by atoms with van der Waals surface area (Å²) in [7, 11) is 0. The van der Waals surface area contributed by atoms with Gasteiger partial charge in [0.2, 0.25) is 0 Å². The fraction of sp³-hybridized carbons (Fsp3) is 0.400. The van der Waals surface area contributed by atoms with E-state index in [9.17, 15) is 0 Å². The van der Waals surface area contributed by atoms with Crippen LogP contribution in [0.3, 0.4) is 0 Å². The van der Waals surface area contributed by atoms with Crippen LogP contribution in [0.15, 0.2) is 12.1 Å². The molecule has 1 aromatic rings. The molecule has 0 atom stereocenters. The van der Waals surface area contributed by atoms with Gasteiger partial charge in [-0.1, -0.05) is 49.2 Å². The van der Waals surface area contributed by atoms with Crippen LogP contribution in [0.1, 0.15) is 30.9 Å². The molecule has 0 fully saturated rings. The number of halogens is 2. The number of rotatable bonds is 1. The van der Waals surface area contributed by atoms with Crippen molar-refractivity contribution in [3.63, 3.8) is 0 Å². The van der Waals surface area contributed by atoms with Crippen LogP contribution in [0.2, 0.25) is 10.0 Å². The average Bonchev–Trinajstić information content (AvgIpc) is 2.00. The first-order valence-corrected chi connectivity index (χ1v) is 4.74. The Hall–Kier alpha value is 0.423. The van der Waals surface area contributed by atoms with E-state index in [0.717, 1.165) is 11.1 Å². The van der Waals surface area contributed by atoms with Gasteiger partial charge in [-0.15, -0.1) is 0 Å². The summed E-state index contributed by atoms with van der Waals surface area (Å²) in [5, 5.41) is 1.38. The van der Waals surface area contributed by atoms with Crippen LogP contribution in [-0.4, -0.2) is 0 Å². The number of hydrogen-bond acceptors (Lipinski definition) is 0. The monoisotopic (exact) mass is 304 g/mol. The zero-order chi connectivity index (χ0) is 9.30. The van der Waals surface area contributed by atoms with Gasteiger partial charge in [0.05, 0.1) is 10.0 Å². The van der Waals surface area contributed by atoms with Crippen molar-refractivity contribution in [2.24, 2.45) is 0 Å². The number of benzene rings is 1.